The number of hydrogen-bond donors (Lipinski definition) is 1. The standard InChI is InChI=1S/C12H17NO2S/c1-16(14,15)12-9-5-4-8-11(12)13-10-6-2-3-7-10/h4-5,8-10,13H,2-3,6-7H2,1H3. The molecule has 1 N–H and O–H groups in total. The number of anilines is 1. The molecule has 0 amide bonds. The normalized spacial score (nSPS) is 17.6. The van der Waals surface area contributed by atoms with Crippen LogP contribution in [0.3, 0.4) is 0 Å². The molecule has 16 heavy (non-hydrogen) atoms. The summed E-state index contributed by atoms with van der Waals surface area (Å²) in [5, 5.41) is 3.34. The van der Waals surface area contributed by atoms with Crippen LogP contribution in [0.5, 0.6) is 0 Å². The van der Waals surface area contributed by atoms with E-state index in [0.717, 1.165) is 18.5 Å². The van der Waals surface area contributed by atoms with Crippen LogP contribution in [-0.4, -0.2) is 20.7 Å². The lowest BCUT2D eigenvalue weighted by Crippen LogP contribution is -2.16. The number of rotatable bonds is 3. The Kier molecular flexibility index (Phi) is 3.19. The summed E-state index contributed by atoms with van der Waals surface area (Å²) >= 11 is 0. The molecule has 0 saturated heterocycles. The second-order valence-corrected chi connectivity index (χ2v) is 6.38. The zero-order valence-corrected chi connectivity index (χ0v) is 10.3. The molecule has 0 spiro atoms. The maximum Gasteiger partial charge on any atom is 0.177 e. The molecule has 0 atom stereocenters. The van der Waals surface area contributed by atoms with Gasteiger partial charge in [-0.15, -0.1) is 0 Å². The Balaban J connectivity index is 2.26. The van der Waals surface area contributed by atoms with Crippen LogP contribution in [0, 0.1) is 0 Å². The Bertz CT molecular complexity index is 462. The smallest absolute Gasteiger partial charge is 0.177 e. The third kappa shape index (κ3) is 2.55. The number of para-hydroxylation sites is 1. The molecule has 1 fully saturated rings. The summed E-state index contributed by atoms with van der Waals surface area (Å²) in [4.78, 5) is 0.405. The van der Waals surface area contributed by atoms with E-state index in [1.807, 2.05) is 12.1 Å². The third-order valence-corrected chi connectivity index (χ3v) is 4.16. The van der Waals surface area contributed by atoms with Crippen molar-refractivity contribution < 1.29 is 8.42 Å². The van der Waals surface area contributed by atoms with Crippen molar-refractivity contribution in [2.75, 3.05) is 11.6 Å². The van der Waals surface area contributed by atoms with Crippen molar-refractivity contribution in [2.45, 2.75) is 36.6 Å². The van der Waals surface area contributed by atoms with Crippen LogP contribution in [-0.2, 0) is 9.84 Å². The van der Waals surface area contributed by atoms with Gasteiger partial charge in [0.25, 0.3) is 0 Å². The van der Waals surface area contributed by atoms with E-state index in [1.54, 1.807) is 12.1 Å². The summed E-state index contributed by atoms with van der Waals surface area (Å²) in [5.41, 5.74) is 0.747. The summed E-state index contributed by atoms with van der Waals surface area (Å²) in [7, 11) is -3.14. The fourth-order valence-corrected chi connectivity index (χ4v) is 3.05. The van der Waals surface area contributed by atoms with Crippen molar-refractivity contribution in [2.24, 2.45) is 0 Å². The second-order valence-electron chi connectivity index (χ2n) is 4.39. The maximum absolute atomic E-state index is 11.6. The van der Waals surface area contributed by atoms with Gasteiger partial charge in [0.1, 0.15) is 0 Å². The van der Waals surface area contributed by atoms with E-state index in [1.165, 1.54) is 19.1 Å². The van der Waals surface area contributed by atoms with Gasteiger partial charge >= 0.3 is 0 Å². The van der Waals surface area contributed by atoms with Crippen molar-refractivity contribution in [3.63, 3.8) is 0 Å². The zero-order valence-electron chi connectivity index (χ0n) is 9.44. The summed E-state index contributed by atoms with van der Waals surface area (Å²) in [6.07, 6.45) is 6.00. The fraction of sp³-hybridized carbons (Fsp3) is 0.500. The zero-order chi connectivity index (χ0) is 11.6. The Labute approximate surface area is 96.8 Å². The van der Waals surface area contributed by atoms with Gasteiger partial charge < -0.3 is 5.32 Å². The molecule has 4 heteroatoms. The summed E-state index contributed by atoms with van der Waals surface area (Å²) in [6, 6.07) is 7.56. The van der Waals surface area contributed by atoms with Gasteiger partial charge in [0.05, 0.1) is 10.6 Å². The van der Waals surface area contributed by atoms with Gasteiger partial charge in [0.2, 0.25) is 0 Å². The molecule has 1 aliphatic rings. The monoisotopic (exact) mass is 239 g/mol. The van der Waals surface area contributed by atoms with Gasteiger partial charge in [-0.25, -0.2) is 8.42 Å². The van der Waals surface area contributed by atoms with Crippen LogP contribution in [0.2, 0.25) is 0 Å². The fourth-order valence-electron chi connectivity index (χ4n) is 2.20. The van der Waals surface area contributed by atoms with E-state index in [0.29, 0.717) is 10.9 Å². The van der Waals surface area contributed by atoms with Gasteiger partial charge in [-0.3, -0.25) is 0 Å². The molecule has 0 bridgehead atoms. The molecule has 1 aliphatic carbocycles. The van der Waals surface area contributed by atoms with Crippen LogP contribution >= 0.6 is 0 Å². The van der Waals surface area contributed by atoms with Crippen molar-refractivity contribution in [3.05, 3.63) is 24.3 Å². The van der Waals surface area contributed by atoms with E-state index in [-0.39, 0.29) is 0 Å². The first-order valence-electron chi connectivity index (χ1n) is 5.63. The number of benzene rings is 1. The number of nitrogens with one attached hydrogen (secondary N) is 1. The Morgan fingerprint density at radius 1 is 1.19 bits per heavy atom. The van der Waals surface area contributed by atoms with Crippen LogP contribution in [0.15, 0.2) is 29.2 Å². The minimum atomic E-state index is -3.14. The van der Waals surface area contributed by atoms with Crippen LogP contribution in [0.1, 0.15) is 25.7 Å². The first-order chi connectivity index (χ1) is 7.57. The van der Waals surface area contributed by atoms with Crippen molar-refractivity contribution >= 4 is 15.5 Å². The van der Waals surface area contributed by atoms with E-state index >= 15 is 0 Å². The molecule has 1 saturated carbocycles. The predicted molar refractivity (Wildman–Crippen MR) is 65.4 cm³/mol. The molecule has 0 radical (unpaired) electrons. The topological polar surface area (TPSA) is 46.2 Å². The summed E-state index contributed by atoms with van der Waals surface area (Å²) < 4.78 is 23.2. The minimum absolute atomic E-state index is 0.405. The van der Waals surface area contributed by atoms with Gasteiger partial charge in [0.15, 0.2) is 9.84 Å². The average Bonchev–Trinajstić information content (AvgIpc) is 2.70. The van der Waals surface area contributed by atoms with E-state index in [9.17, 15) is 8.42 Å². The summed E-state index contributed by atoms with van der Waals surface area (Å²) in [5.74, 6) is 0. The molecule has 0 aliphatic heterocycles. The maximum atomic E-state index is 11.6. The molecule has 0 unspecified atom stereocenters. The largest absolute Gasteiger partial charge is 0.381 e. The molecule has 2 rings (SSSR count). The SMILES string of the molecule is CS(=O)(=O)c1ccccc1NC1CCCC1. The third-order valence-electron chi connectivity index (χ3n) is 3.00. The first-order valence-corrected chi connectivity index (χ1v) is 7.52. The van der Waals surface area contributed by atoms with Crippen molar-refractivity contribution in [3.8, 4) is 0 Å². The predicted octanol–water partition coefficient (Wildman–Crippen LogP) is 2.44. The van der Waals surface area contributed by atoms with Gasteiger partial charge in [-0.1, -0.05) is 25.0 Å². The second kappa shape index (κ2) is 4.45. The molecule has 88 valence electrons. The molecule has 1 aromatic carbocycles. The average molecular weight is 239 g/mol. The van der Waals surface area contributed by atoms with E-state index in [2.05, 4.69) is 5.32 Å². The molecular formula is C12H17NO2S. The van der Waals surface area contributed by atoms with Crippen LogP contribution < -0.4 is 5.32 Å². The molecule has 1 aromatic rings. The molecular weight excluding hydrogens is 222 g/mol. The quantitative estimate of drug-likeness (QED) is 0.881. The minimum Gasteiger partial charge on any atom is -0.381 e. The van der Waals surface area contributed by atoms with Gasteiger partial charge in [-0.05, 0) is 25.0 Å². The highest BCUT2D eigenvalue weighted by atomic mass is 32.2. The lowest BCUT2D eigenvalue weighted by atomic mass is 10.2. The van der Waals surface area contributed by atoms with Gasteiger partial charge in [-0.2, -0.15) is 0 Å². The molecule has 3 nitrogen and oxygen atoms in total. The summed E-state index contributed by atoms with van der Waals surface area (Å²) in [6.45, 7) is 0. The highest BCUT2D eigenvalue weighted by Crippen LogP contribution is 2.26. The van der Waals surface area contributed by atoms with E-state index in [4.69, 9.17) is 0 Å². The molecule has 0 heterocycles. The lowest BCUT2D eigenvalue weighted by Gasteiger charge is -2.16. The van der Waals surface area contributed by atoms with E-state index < -0.39 is 9.84 Å². The molecule has 0 aromatic heterocycles. The highest BCUT2D eigenvalue weighted by molar-refractivity contribution is 7.90. The number of hydrogen-bond acceptors (Lipinski definition) is 3. The van der Waals surface area contributed by atoms with Crippen molar-refractivity contribution in [1.29, 1.82) is 0 Å². The van der Waals surface area contributed by atoms with Crippen LogP contribution in [0.4, 0.5) is 5.69 Å². The Morgan fingerprint density at radius 3 is 2.44 bits per heavy atom. The van der Waals surface area contributed by atoms with Crippen molar-refractivity contribution in [1.82, 2.24) is 0 Å². The Hall–Kier alpha value is -1.03. The highest BCUT2D eigenvalue weighted by Gasteiger charge is 2.18. The first kappa shape index (κ1) is 11.5. The van der Waals surface area contributed by atoms with Crippen LogP contribution in [0.25, 0.3) is 0 Å². The lowest BCUT2D eigenvalue weighted by molar-refractivity contribution is 0.602. The number of sulfone groups is 1. The van der Waals surface area contributed by atoms with Gasteiger partial charge in [0, 0.05) is 12.3 Å². The Morgan fingerprint density at radius 2 is 1.81 bits per heavy atom.